The average molecular weight is 329 g/mol. The lowest BCUT2D eigenvalue weighted by Crippen LogP contribution is -2.27. The number of aryl methyl sites for hydroxylation is 1. The van der Waals surface area contributed by atoms with E-state index in [1.165, 1.54) is 4.88 Å². The Morgan fingerprint density at radius 2 is 2.23 bits per heavy atom. The molecule has 1 aromatic carbocycles. The molecule has 2 aromatic heterocycles. The van der Waals surface area contributed by atoms with Crippen LogP contribution in [0.25, 0.3) is 10.1 Å². The second-order valence-electron chi connectivity index (χ2n) is 5.49. The Hall–Kier alpha value is -1.76. The summed E-state index contributed by atoms with van der Waals surface area (Å²) in [5.74, 6) is -0.0900. The van der Waals surface area contributed by atoms with Gasteiger partial charge >= 0.3 is 0 Å². The molecule has 0 saturated carbocycles. The first kappa shape index (κ1) is 13.9. The highest BCUT2D eigenvalue weighted by Gasteiger charge is 2.21. The minimum Gasteiger partial charge on any atom is -0.327 e. The number of nitrogens with zero attached hydrogens (tertiary/aromatic N) is 1. The quantitative estimate of drug-likeness (QED) is 0.757. The number of fused-ring (bicyclic) bond motifs is 2. The molecular formula is C16H15N3OS2. The molecule has 112 valence electrons. The van der Waals surface area contributed by atoms with Crippen molar-refractivity contribution in [2.75, 3.05) is 5.32 Å². The van der Waals surface area contributed by atoms with Gasteiger partial charge in [0.15, 0.2) is 5.13 Å². The van der Waals surface area contributed by atoms with Gasteiger partial charge in [0.2, 0.25) is 0 Å². The van der Waals surface area contributed by atoms with Crippen molar-refractivity contribution in [2.45, 2.75) is 25.3 Å². The summed E-state index contributed by atoms with van der Waals surface area (Å²) in [6, 6.07) is 8.17. The van der Waals surface area contributed by atoms with Gasteiger partial charge in [0.25, 0.3) is 5.91 Å². The molecule has 1 aliphatic rings. The Morgan fingerprint density at radius 3 is 3.14 bits per heavy atom. The van der Waals surface area contributed by atoms with Crippen LogP contribution in [0.5, 0.6) is 0 Å². The fourth-order valence-corrected chi connectivity index (χ4v) is 4.81. The standard InChI is InChI=1S/C16H15N3OS2/c17-9-5-6-12-14(7-9)22-16(18-12)19-15(20)11-8-21-13-4-2-1-3-10(11)13/h1-4,8-9H,5-7,17H2,(H,18,19,20)/t9-/m0/s1. The van der Waals surface area contributed by atoms with Crippen molar-refractivity contribution in [3.05, 3.63) is 45.8 Å². The Balaban J connectivity index is 1.60. The molecule has 1 amide bonds. The molecule has 0 spiro atoms. The van der Waals surface area contributed by atoms with E-state index in [9.17, 15) is 4.79 Å². The highest BCUT2D eigenvalue weighted by molar-refractivity contribution is 7.17. The number of carbonyl (C=O) groups excluding carboxylic acids is 1. The van der Waals surface area contributed by atoms with E-state index in [0.717, 1.165) is 35.0 Å². The summed E-state index contributed by atoms with van der Waals surface area (Å²) in [7, 11) is 0. The molecule has 0 radical (unpaired) electrons. The number of thiophene rings is 1. The highest BCUT2D eigenvalue weighted by atomic mass is 32.1. The predicted molar refractivity (Wildman–Crippen MR) is 91.9 cm³/mol. The van der Waals surface area contributed by atoms with Crippen molar-refractivity contribution in [3.8, 4) is 0 Å². The highest BCUT2D eigenvalue weighted by Crippen LogP contribution is 2.31. The van der Waals surface area contributed by atoms with Gasteiger partial charge in [-0.15, -0.1) is 22.7 Å². The van der Waals surface area contributed by atoms with Gasteiger partial charge in [-0.1, -0.05) is 18.2 Å². The number of aromatic nitrogens is 1. The van der Waals surface area contributed by atoms with Gasteiger partial charge in [0.1, 0.15) is 0 Å². The Kier molecular flexibility index (Phi) is 3.44. The van der Waals surface area contributed by atoms with Crippen LogP contribution in [0, 0.1) is 0 Å². The van der Waals surface area contributed by atoms with Crippen molar-refractivity contribution in [3.63, 3.8) is 0 Å². The Bertz CT molecular complexity index is 852. The largest absolute Gasteiger partial charge is 0.327 e. The van der Waals surface area contributed by atoms with Crippen molar-refractivity contribution in [1.82, 2.24) is 4.98 Å². The second kappa shape index (κ2) is 5.46. The molecule has 1 aliphatic carbocycles. The molecule has 22 heavy (non-hydrogen) atoms. The number of nitrogens with one attached hydrogen (secondary N) is 1. The van der Waals surface area contributed by atoms with Gasteiger partial charge in [-0.3, -0.25) is 10.1 Å². The van der Waals surface area contributed by atoms with Crippen LogP contribution in [0.4, 0.5) is 5.13 Å². The SMILES string of the molecule is N[C@H]1CCc2nc(NC(=O)c3csc4ccccc34)sc2C1. The number of benzene rings is 1. The predicted octanol–water partition coefficient (Wildman–Crippen LogP) is 3.43. The summed E-state index contributed by atoms with van der Waals surface area (Å²) in [6.45, 7) is 0. The number of carbonyl (C=O) groups is 1. The van der Waals surface area contributed by atoms with Crippen molar-refractivity contribution >= 4 is 43.8 Å². The summed E-state index contributed by atoms with van der Waals surface area (Å²) in [4.78, 5) is 18.3. The molecule has 4 rings (SSSR count). The van der Waals surface area contributed by atoms with Gasteiger partial charge in [0, 0.05) is 26.4 Å². The third-order valence-corrected chi connectivity index (χ3v) is 5.92. The lowest BCUT2D eigenvalue weighted by molar-refractivity contribution is 0.102. The van der Waals surface area contributed by atoms with Crippen LogP contribution in [0.3, 0.4) is 0 Å². The summed E-state index contributed by atoms with van der Waals surface area (Å²) < 4.78 is 1.12. The molecule has 2 heterocycles. The van der Waals surface area contributed by atoms with Crippen LogP contribution in [0.15, 0.2) is 29.6 Å². The first-order valence-electron chi connectivity index (χ1n) is 7.22. The van der Waals surface area contributed by atoms with E-state index >= 15 is 0 Å². The van der Waals surface area contributed by atoms with E-state index < -0.39 is 0 Å². The fraction of sp³-hybridized carbons (Fsp3) is 0.250. The molecule has 0 aliphatic heterocycles. The molecular weight excluding hydrogens is 314 g/mol. The molecule has 0 saturated heterocycles. The number of amides is 1. The van der Waals surface area contributed by atoms with E-state index in [-0.39, 0.29) is 11.9 Å². The molecule has 0 fully saturated rings. The van der Waals surface area contributed by atoms with E-state index in [1.54, 1.807) is 22.7 Å². The number of nitrogens with two attached hydrogens (primary N) is 1. The average Bonchev–Trinajstić information content (AvgIpc) is 3.09. The van der Waals surface area contributed by atoms with E-state index in [1.807, 2.05) is 29.6 Å². The number of hydrogen-bond donors (Lipinski definition) is 2. The van der Waals surface area contributed by atoms with Gasteiger partial charge in [-0.25, -0.2) is 4.98 Å². The molecule has 4 nitrogen and oxygen atoms in total. The van der Waals surface area contributed by atoms with Crippen LogP contribution >= 0.6 is 22.7 Å². The third kappa shape index (κ3) is 2.43. The van der Waals surface area contributed by atoms with Crippen LogP contribution in [-0.2, 0) is 12.8 Å². The lowest BCUT2D eigenvalue weighted by Gasteiger charge is -2.15. The maximum absolute atomic E-state index is 12.5. The zero-order valence-corrected chi connectivity index (χ0v) is 13.5. The number of thiazole rings is 1. The van der Waals surface area contributed by atoms with Gasteiger partial charge in [-0.2, -0.15) is 0 Å². The molecule has 0 bridgehead atoms. The fourth-order valence-electron chi connectivity index (χ4n) is 2.77. The number of anilines is 1. The molecule has 3 aromatic rings. The van der Waals surface area contributed by atoms with E-state index in [0.29, 0.717) is 10.7 Å². The summed E-state index contributed by atoms with van der Waals surface area (Å²) >= 11 is 3.14. The summed E-state index contributed by atoms with van der Waals surface area (Å²) in [5.41, 5.74) is 7.80. The zero-order valence-electron chi connectivity index (χ0n) is 11.8. The Morgan fingerprint density at radius 1 is 1.36 bits per heavy atom. The monoisotopic (exact) mass is 329 g/mol. The minimum atomic E-state index is -0.0900. The zero-order chi connectivity index (χ0) is 15.1. The minimum absolute atomic E-state index is 0.0900. The van der Waals surface area contributed by atoms with Crippen molar-refractivity contribution in [2.24, 2.45) is 5.73 Å². The maximum Gasteiger partial charge on any atom is 0.258 e. The summed E-state index contributed by atoms with van der Waals surface area (Å²) in [6.07, 6.45) is 2.74. The molecule has 1 atom stereocenters. The van der Waals surface area contributed by atoms with Crippen LogP contribution < -0.4 is 11.1 Å². The first-order chi connectivity index (χ1) is 10.7. The topological polar surface area (TPSA) is 68.0 Å². The van der Waals surface area contributed by atoms with E-state index in [4.69, 9.17) is 5.73 Å². The van der Waals surface area contributed by atoms with Gasteiger partial charge < -0.3 is 5.73 Å². The van der Waals surface area contributed by atoms with Crippen molar-refractivity contribution in [1.29, 1.82) is 0 Å². The number of hydrogen-bond acceptors (Lipinski definition) is 5. The lowest BCUT2D eigenvalue weighted by atomic mass is 9.99. The van der Waals surface area contributed by atoms with Gasteiger partial charge in [-0.05, 0) is 25.3 Å². The summed E-state index contributed by atoms with van der Waals surface area (Å²) in [5, 5.41) is 6.52. The molecule has 6 heteroatoms. The smallest absolute Gasteiger partial charge is 0.258 e. The molecule has 3 N–H and O–H groups in total. The van der Waals surface area contributed by atoms with Crippen molar-refractivity contribution < 1.29 is 4.79 Å². The Labute approximate surface area is 136 Å². The van der Waals surface area contributed by atoms with Crippen LogP contribution in [-0.4, -0.2) is 16.9 Å². The van der Waals surface area contributed by atoms with Crippen LogP contribution in [0.1, 0.15) is 27.3 Å². The van der Waals surface area contributed by atoms with E-state index in [2.05, 4.69) is 10.3 Å². The van der Waals surface area contributed by atoms with Gasteiger partial charge in [0.05, 0.1) is 11.3 Å². The first-order valence-corrected chi connectivity index (χ1v) is 8.92. The number of rotatable bonds is 2. The second-order valence-corrected chi connectivity index (χ2v) is 7.49. The molecule has 0 unspecified atom stereocenters. The maximum atomic E-state index is 12.5. The van der Waals surface area contributed by atoms with Crippen LogP contribution in [0.2, 0.25) is 0 Å². The normalized spacial score (nSPS) is 17.4. The third-order valence-electron chi connectivity index (χ3n) is 3.92.